The van der Waals surface area contributed by atoms with Crippen molar-refractivity contribution in [1.29, 1.82) is 0 Å². The van der Waals surface area contributed by atoms with Crippen LogP contribution in [0, 0.1) is 5.82 Å². The number of hydrogen-bond donors (Lipinski definition) is 1. The Balaban J connectivity index is 1.82. The van der Waals surface area contributed by atoms with Gasteiger partial charge in [-0.3, -0.25) is 4.98 Å². The van der Waals surface area contributed by atoms with Crippen LogP contribution < -0.4 is 5.32 Å². The number of fused-ring (bicyclic) bond motifs is 1. The standard InChI is InChI=1S/C17H15FN4/c18-13-4-2-12(3-5-13)15-11-19-8-6-14(15)16-10-17-20-7-1-9-22(17)21-16/h2-6,8,10-11,20H,1,7,9H2. The molecule has 0 radical (unpaired) electrons. The van der Waals surface area contributed by atoms with Crippen molar-refractivity contribution in [2.75, 3.05) is 11.9 Å². The Morgan fingerprint density at radius 2 is 1.95 bits per heavy atom. The number of anilines is 1. The van der Waals surface area contributed by atoms with Crippen LogP contribution in [0.5, 0.6) is 0 Å². The molecule has 4 nitrogen and oxygen atoms in total. The van der Waals surface area contributed by atoms with Gasteiger partial charge in [-0.1, -0.05) is 12.1 Å². The van der Waals surface area contributed by atoms with Gasteiger partial charge in [-0.05, 0) is 30.2 Å². The predicted molar refractivity (Wildman–Crippen MR) is 84.0 cm³/mol. The second kappa shape index (κ2) is 5.26. The first kappa shape index (κ1) is 13.0. The van der Waals surface area contributed by atoms with Gasteiger partial charge in [0, 0.05) is 42.7 Å². The first-order valence-corrected chi connectivity index (χ1v) is 7.33. The van der Waals surface area contributed by atoms with Gasteiger partial charge in [-0.25, -0.2) is 9.07 Å². The van der Waals surface area contributed by atoms with Crippen LogP contribution in [0.15, 0.2) is 48.8 Å². The van der Waals surface area contributed by atoms with Crippen LogP contribution in [-0.4, -0.2) is 21.3 Å². The predicted octanol–water partition coefficient (Wildman–Crippen LogP) is 3.57. The minimum absolute atomic E-state index is 0.240. The van der Waals surface area contributed by atoms with Gasteiger partial charge < -0.3 is 5.32 Å². The highest BCUT2D eigenvalue weighted by Crippen LogP contribution is 2.32. The summed E-state index contributed by atoms with van der Waals surface area (Å²) in [6.45, 7) is 1.91. The average molecular weight is 294 g/mol. The van der Waals surface area contributed by atoms with E-state index in [0.717, 1.165) is 47.7 Å². The van der Waals surface area contributed by atoms with Crippen LogP contribution in [0.4, 0.5) is 10.2 Å². The molecule has 3 heterocycles. The Hall–Kier alpha value is -2.69. The minimum Gasteiger partial charge on any atom is -0.370 e. The molecule has 3 aromatic rings. The normalized spacial score (nSPS) is 13.5. The molecule has 0 aliphatic carbocycles. The highest BCUT2D eigenvalue weighted by Gasteiger charge is 2.15. The lowest BCUT2D eigenvalue weighted by atomic mass is 10.00. The minimum atomic E-state index is -0.240. The second-order valence-corrected chi connectivity index (χ2v) is 5.35. The van der Waals surface area contributed by atoms with E-state index >= 15 is 0 Å². The quantitative estimate of drug-likeness (QED) is 0.785. The number of hydrogen-bond acceptors (Lipinski definition) is 3. The molecule has 0 spiro atoms. The average Bonchev–Trinajstić information content (AvgIpc) is 2.99. The zero-order valence-corrected chi connectivity index (χ0v) is 12.0. The maximum Gasteiger partial charge on any atom is 0.124 e. The van der Waals surface area contributed by atoms with E-state index in [4.69, 9.17) is 0 Å². The lowest BCUT2D eigenvalue weighted by Gasteiger charge is -2.14. The third-order valence-corrected chi connectivity index (χ3v) is 3.89. The molecular weight excluding hydrogens is 279 g/mol. The number of aryl methyl sites for hydroxylation is 1. The largest absolute Gasteiger partial charge is 0.370 e. The Labute approximate surface area is 127 Å². The summed E-state index contributed by atoms with van der Waals surface area (Å²) in [7, 11) is 0. The van der Waals surface area contributed by atoms with Crippen molar-refractivity contribution < 1.29 is 4.39 Å². The van der Waals surface area contributed by atoms with Gasteiger partial charge in [0.2, 0.25) is 0 Å². The van der Waals surface area contributed by atoms with E-state index in [-0.39, 0.29) is 5.82 Å². The molecule has 0 atom stereocenters. The van der Waals surface area contributed by atoms with Gasteiger partial charge in [0.25, 0.3) is 0 Å². The van der Waals surface area contributed by atoms with Gasteiger partial charge in [0.15, 0.2) is 0 Å². The number of halogens is 1. The molecule has 0 amide bonds. The number of benzene rings is 1. The van der Waals surface area contributed by atoms with Crippen LogP contribution in [0.2, 0.25) is 0 Å². The molecule has 1 aromatic carbocycles. The van der Waals surface area contributed by atoms with Gasteiger partial charge in [-0.2, -0.15) is 5.10 Å². The number of nitrogens with zero attached hydrogens (tertiary/aromatic N) is 3. The molecule has 0 saturated heterocycles. The molecule has 22 heavy (non-hydrogen) atoms. The van der Waals surface area contributed by atoms with Crippen LogP contribution in [0.3, 0.4) is 0 Å². The van der Waals surface area contributed by atoms with Crippen molar-refractivity contribution >= 4 is 5.82 Å². The summed E-state index contributed by atoms with van der Waals surface area (Å²) in [5, 5.41) is 8.03. The zero-order valence-electron chi connectivity index (χ0n) is 12.0. The Morgan fingerprint density at radius 3 is 2.77 bits per heavy atom. The lowest BCUT2D eigenvalue weighted by molar-refractivity contribution is 0.569. The van der Waals surface area contributed by atoms with E-state index in [2.05, 4.69) is 21.5 Å². The maximum absolute atomic E-state index is 13.1. The van der Waals surface area contributed by atoms with E-state index in [9.17, 15) is 4.39 Å². The summed E-state index contributed by atoms with van der Waals surface area (Å²) < 4.78 is 15.1. The van der Waals surface area contributed by atoms with Gasteiger partial charge in [0.05, 0.1) is 5.69 Å². The molecule has 1 aliphatic heterocycles. The molecule has 0 unspecified atom stereocenters. The first-order chi connectivity index (χ1) is 10.8. The highest BCUT2D eigenvalue weighted by atomic mass is 19.1. The Kier molecular flexibility index (Phi) is 3.11. The summed E-state index contributed by atoms with van der Waals surface area (Å²) in [5.74, 6) is 0.805. The fourth-order valence-corrected chi connectivity index (χ4v) is 2.78. The fraction of sp³-hybridized carbons (Fsp3) is 0.176. The summed E-state index contributed by atoms with van der Waals surface area (Å²) >= 11 is 0. The zero-order chi connectivity index (χ0) is 14.9. The summed E-state index contributed by atoms with van der Waals surface area (Å²) in [4.78, 5) is 4.21. The van der Waals surface area contributed by atoms with Crippen molar-refractivity contribution in [2.24, 2.45) is 0 Å². The Bertz CT molecular complexity index is 784. The summed E-state index contributed by atoms with van der Waals surface area (Å²) in [5.41, 5.74) is 3.80. The number of rotatable bonds is 2. The van der Waals surface area contributed by atoms with Crippen molar-refractivity contribution in [3.8, 4) is 22.4 Å². The van der Waals surface area contributed by atoms with Gasteiger partial charge in [-0.15, -0.1) is 0 Å². The topological polar surface area (TPSA) is 42.7 Å². The molecule has 5 heteroatoms. The molecule has 1 N–H and O–H groups in total. The maximum atomic E-state index is 13.1. The van der Waals surface area contributed by atoms with Crippen LogP contribution in [0.25, 0.3) is 22.4 Å². The lowest BCUT2D eigenvalue weighted by Crippen LogP contribution is -2.17. The van der Waals surface area contributed by atoms with Crippen molar-refractivity contribution in [3.63, 3.8) is 0 Å². The van der Waals surface area contributed by atoms with Crippen molar-refractivity contribution in [3.05, 3.63) is 54.6 Å². The van der Waals surface area contributed by atoms with E-state index in [1.54, 1.807) is 24.5 Å². The fourth-order valence-electron chi connectivity index (χ4n) is 2.78. The van der Waals surface area contributed by atoms with Crippen molar-refractivity contribution in [1.82, 2.24) is 14.8 Å². The van der Waals surface area contributed by atoms with E-state index < -0.39 is 0 Å². The number of nitrogens with one attached hydrogen (secondary N) is 1. The van der Waals surface area contributed by atoms with E-state index in [1.807, 2.05) is 10.7 Å². The molecule has 1 aliphatic rings. The highest BCUT2D eigenvalue weighted by molar-refractivity contribution is 5.82. The third kappa shape index (κ3) is 2.24. The third-order valence-electron chi connectivity index (χ3n) is 3.89. The monoisotopic (exact) mass is 294 g/mol. The van der Waals surface area contributed by atoms with Crippen LogP contribution in [-0.2, 0) is 6.54 Å². The molecule has 2 aromatic heterocycles. The molecule has 0 bridgehead atoms. The SMILES string of the molecule is Fc1ccc(-c2cnccc2-c2cc3n(n2)CCCN3)cc1. The van der Waals surface area contributed by atoms with Crippen LogP contribution in [0.1, 0.15) is 6.42 Å². The van der Waals surface area contributed by atoms with E-state index in [1.165, 1.54) is 12.1 Å². The van der Waals surface area contributed by atoms with Gasteiger partial charge in [0.1, 0.15) is 11.6 Å². The second-order valence-electron chi connectivity index (χ2n) is 5.35. The molecule has 110 valence electrons. The summed E-state index contributed by atoms with van der Waals surface area (Å²) in [6.07, 6.45) is 4.64. The van der Waals surface area contributed by atoms with Crippen molar-refractivity contribution in [2.45, 2.75) is 13.0 Å². The number of aromatic nitrogens is 3. The molecule has 0 saturated carbocycles. The molecule has 4 rings (SSSR count). The molecule has 0 fully saturated rings. The smallest absolute Gasteiger partial charge is 0.124 e. The van der Waals surface area contributed by atoms with E-state index in [0.29, 0.717) is 0 Å². The van der Waals surface area contributed by atoms with Gasteiger partial charge >= 0.3 is 0 Å². The molecular formula is C17H15FN4. The number of pyridine rings is 1. The Morgan fingerprint density at radius 1 is 1.09 bits per heavy atom. The summed E-state index contributed by atoms with van der Waals surface area (Å²) in [6, 6.07) is 10.5. The first-order valence-electron chi connectivity index (χ1n) is 7.33. The van der Waals surface area contributed by atoms with Crippen LogP contribution >= 0.6 is 0 Å².